The highest BCUT2D eigenvalue weighted by atomic mass is 35.5. The van der Waals surface area contributed by atoms with Crippen LogP contribution in [0.2, 0.25) is 5.02 Å². The summed E-state index contributed by atoms with van der Waals surface area (Å²) in [7, 11) is 0. The van der Waals surface area contributed by atoms with Gasteiger partial charge in [-0.3, -0.25) is 24.4 Å². The fourth-order valence-corrected chi connectivity index (χ4v) is 7.86. The number of hydrogen-bond acceptors (Lipinski definition) is 9. The Bertz CT molecular complexity index is 1790. The molecule has 2 aromatic carbocycles. The Morgan fingerprint density at radius 2 is 1.84 bits per heavy atom. The van der Waals surface area contributed by atoms with E-state index in [2.05, 4.69) is 25.4 Å². The molecule has 4 aliphatic rings. The van der Waals surface area contributed by atoms with Crippen molar-refractivity contribution in [3.8, 4) is 11.1 Å². The predicted octanol–water partition coefficient (Wildman–Crippen LogP) is 3.47. The Morgan fingerprint density at radius 3 is 2.56 bits per heavy atom. The molecule has 230 valence electrons. The molecule has 0 spiro atoms. The number of aromatic nitrogens is 2. The number of nitrogens with two attached hydrogens (primary N) is 1. The van der Waals surface area contributed by atoms with Gasteiger partial charge in [-0.25, -0.2) is 14.4 Å². The number of nitrogens with one attached hydrogen (secondary N) is 1. The summed E-state index contributed by atoms with van der Waals surface area (Å²) in [6, 6.07) is 10.2. The summed E-state index contributed by atoms with van der Waals surface area (Å²) >= 11 is 7.66. The quantitative estimate of drug-likeness (QED) is 0.400. The number of aryl methyl sites for hydroxylation is 1. The Balaban J connectivity index is 1.10. The van der Waals surface area contributed by atoms with Crippen LogP contribution in [-0.4, -0.2) is 78.9 Å². The van der Waals surface area contributed by atoms with Gasteiger partial charge in [0.15, 0.2) is 11.5 Å². The summed E-state index contributed by atoms with van der Waals surface area (Å²) in [4.78, 5) is 54.5. The van der Waals surface area contributed by atoms with Crippen molar-refractivity contribution in [2.24, 2.45) is 27.7 Å². The van der Waals surface area contributed by atoms with E-state index in [4.69, 9.17) is 17.3 Å². The van der Waals surface area contributed by atoms with E-state index in [1.54, 1.807) is 60.6 Å². The zero-order valence-corrected chi connectivity index (χ0v) is 25.6. The van der Waals surface area contributed by atoms with E-state index in [-0.39, 0.29) is 41.3 Å². The minimum Gasteiger partial charge on any atom is -0.364 e. The number of hydrazone groups is 1. The number of rotatable bonds is 7. The number of halogens is 2. The van der Waals surface area contributed by atoms with Crippen molar-refractivity contribution in [1.82, 2.24) is 19.9 Å². The van der Waals surface area contributed by atoms with Crippen LogP contribution in [0.5, 0.6) is 0 Å². The van der Waals surface area contributed by atoms with Gasteiger partial charge in [-0.15, -0.1) is 0 Å². The number of nitrogens with zero attached hydrogens (tertiary/aromatic N) is 6. The molecule has 4 heterocycles. The molecule has 3 aliphatic heterocycles. The Hall–Kier alpha value is -4.36. The molecule has 2 fully saturated rings. The summed E-state index contributed by atoms with van der Waals surface area (Å²) in [5.74, 6) is -1.34. The van der Waals surface area contributed by atoms with E-state index >= 15 is 4.39 Å². The van der Waals surface area contributed by atoms with Gasteiger partial charge in [0.1, 0.15) is 34.9 Å². The summed E-state index contributed by atoms with van der Waals surface area (Å²) < 4.78 is 15.7. The SMILES string of the molecule is Cc1ncc(C2=NC3C(C(N)=O)=NN(CC(=O)N4C[C@@H]5CC[C@@H]5[C@H]4C(=O)Nc4cccc(-c5ccccc5Cl)c4F)C3S2)cn1. The molecule has 5 atom stereocenters. The molecule has 1 aliphatic carbocycles. The predicted molar refractivity (Wildman–Crippen MR) is 169 cm³/mol. The number of anilines is 1. The largest absolute Gasteiger partial charge is 0.364 e. The first kappa shape index (κ1) is 29.4. The van der Waals surface area contributed by atoms with Crippen molar-refractivity contribution < 1.29 is 18.8 Å². The number of aliphatic imine (C=N–C) groups is 1. The van der Waals surface area contributed by atoms with Crippen LogP contribution < -0.4 is 11.1 Å². The van der Waals surface area contributed by atoms with Gasteiger partial charge < -0.3 is 16.0 Å². The second-order valence-electron chi connectivity index (χ2n) is 11.5. The number of primary amides is 1. The molecule has 14 heteroatoms. The Kier molecular flexibility index (Phi) is 7.52. The maximum atomic E-state index is 15.7. The van der Waals surface area contributed by atoms with Crippen LogP contribution >= 0.6 is 23.4 Å². The van der Waals surface area contributed by atoms with Gasteiger partial charge in [0, 0.05) is 40.7 Å². The van der Waals surface area contributed by atoms with Crippen molar-refractivity contribution >= 4 is 57.5 Å². The first-order valence-corrected chi connectivity index (χ1v) is 15.8. The van der Waals surface area contributed by atoms with E-state index in [0.29, 0.717) is 33.6 Å². The molecular weight excluding hydrogens is 619 g/mol. The van der Waals surface area contributed by atoms with E-state index in [0.717, 1.165) is 12.8 Å². The zero-order chi connectivity index (χ0) is 31.4. The van der Waals surface area contributed by atoms with Crippen LogP contribution in [0.1, 0.15) is 24.2 Å². The van der Waals surface area contributed by atoms with Crippen molar-refractivity contribution in [1.29, 1.82) is 0 Å². The molecule has 7 rings (SSSR count). The monoisotopic (exact) mass is 646 g/mol. The van der Waals surface area contributed by atoms with Crippen LogP contribution in [0.15, 0.2) is 65.0 Å². The first-order chi connectivity index (χ1) is 21.7. The van der Waals surface area contributed by atoms with Crippen LogP contribution in [0.4, 0.5) is 10.1 Å². The van der Waals surface area contributed by atoms with E-state index in [1.165, 1.54) is 22.8 Å². The van der Waals surface area contributed by atoms with Crippen LogP contribution in [0.3, 0.4) is 0 Å². The molecule has 0 bridgehead atoms. The Morgan fingerprint density at radius 1 is 1.09 bits per heavy atom. The van der Waals surface area contributed by atoms with Gasteiger partial charge in [-0.1, -0.05) is 53.7 Å². The highest BCUT2D eigenvalue weighted by molar-refractivity contribution is 8.15. The number of thioether (sulfide) groups is 1. The standard InChI is InChI=1S/C31H28ClFN8O3S/c1-15-35-11-17(12-36-15)30-38-26-25(28(34)43)39-41(31(26)45-30)14-23(42)40-13-16-9-10-18(16)27(40)29(44)37-22-8-4-6-20(24(22)33)19-5-2-3-7-21(19)32/h2-8,11-12,16,18,26-27,31H,9-10,13-14H2,1H3,(H2,34,43)(H,37,44)/t16-,18-,26?,27-,31?/m0/s1. The number of likely N-dealkylation sites (tertiary alicyclic amines) is 1. The molecule has 11 nitrogen and oxygen atoms in total. The minimum absolute atomic E-state index is 0.0118. The lowest BCUT2D eigenvalue weighted by Crippen LogP contribution is -2.49. The number of benzene rings is 2. The van der Waals surface area contributed by atoms with Crippen LogP contribution in [0, 0.1) is 24.6 Å². The summed E-state index contributed by atoms with van der Waals surface area (Å²) in [5.41, 5.74) is 7.17. The third-order valence-electron chi connectivity index (χ3n) is 8.80. The lowest BCUT2D eigenvalue weighted by Gasteiger charge is -2.33. The molecule has 45 heavy (non-hydrogen) atoms. The molecule has 0 radical (unpaired) electrons. The van der Waals surface area contributed by atoms with Gasteiger partial charge in [0.25, 0.3) is 5.91 Å². The van der Waals surface area contributed by atoms with Gasteiger partial charge in [0.05, 0.1) is 5.69 Å². The fraction of sp³-hybridized carbons (Fsp3) is 0.323. The summed E-state index contributed by atoms with van der Waals surface area (Å²) in [5, 5.41) is 9.18. The molecule has 1 saturated carbocycles. The minimum atomic E-state index is -0.773. The number of fused-ring (bicyclic) bond motifs is 2. The van der Waals surface area contributed by atoms with Crippen molar-refractivity contribution in [2.75, 3.05) is 18.4 Å². The average molecular weight is 647 g/mol. The first-order valence-electron chi connectivity index (χ1n) is 14.5. The molecule has 2 unspecified atom stereocenters. The maximum Gasteiger partial charge on any atom is 0.267 e. The molecule has 1 aromatic heterocycles. The molecular formula is C31H28ClFN8O3S. The molecule has 3 aromatic rings. The lowest BCUT2D eigenvalue weighted by molar-refractivity contribution is -0.138. The molecule has 3 N–H and O–H groups in total. The summed E-state index contributed by atoms with van der Waals surface area (Å²) in [6.07, 6.45) is 5.00. The lowest BCUT2D eigenvalue weighted by atomic mass is 9.73. The number of hydrogen-bond donors (Lipinski definition) is 2. The van der Waals surface area contributed by atoms with Gasteiger partial charge >= 0.3 is 0 Å². The zero-order valence-electron chi connectivity index (χ0n) is 24.1. The fourth-order valence-electron chi connectivity index (χ4n) is 6.42. The maximum absolute atomic E-state index is 15.7. The average Bonchev–Trinajstić information content (AvgIpc) is 3.66. The van der Waals surface area contributed by atoms with E-state index in [9.17, 15) is 14.4 Å². The molecule has 1 saturated heterocycles. The van der Waals surface area contributed by atoms with Crippen molar-refractivity contribution in [3.05, 3.63) is 77.1 Å². The Labute approximate surface area is 267 Å². The molecule has 3 amide bonds. The van der Waals surface area contributed by atoms with Crippen LogP contribution in [-0.2, 0) is 14.4 Å². The highest BCUT2D eigenvalue weighted by Gasteiger charge is 2.53. The number of carbonyl (C=O) groups is 3. The van der Waals surface area contributed by atoms with Crippen molar-refractivity contribution in [2.45, 2.75) is 37.2 Å². The van der Waals surface area contributed by atoms with Crippen molar-refractivity contribution in [3.63, 3.8) is 0 Å². The topological polar surface area (TPSA) is 146 Å². The third kappa shape index (κ3) is 5.23. The second kappa shape index (κ2) is 11.5. The van der Waals surface area contributed by atoms with Crippen LogP contribution in [0.25, 0.3) is 11.1 Å². The summed E-state index contributed by atoms with van der Waals surface area (Å²) in [6.45, 7) is 2.01. The van der Waals surface area contributed by atoms with Gasteiger partial charge in [-0.05, 0) is 43.7 Å². The van der Waals surface area contributed by atoms with Gasteiger partial charge in [-0.2, -0.15) is 5.10 Å². The number of carbonyl (C=O) groups excluding carboxylic acids is 3. The second-order valence-corrected chi connectivity index (χ2v) is 13.0. The highest BCUT2D eigenvalue weighted by Crippen LogP contribution is 2.46. The smallest absolute Gasteiger partial charge is 0.267 e. The van der Waals surface area contributed by atoms with E-state index < -0.39 is 35.1 Å². The number of amides is 3. The van der Waals surface area contributed by atoms with Gasteiger partial charge in [0.2, 0.25) is 11.8 Å². The van der Waals surface area contributed by atoms with E-state index in [1.807, 2.05) is 0 Å². The third-order valence-corrected chi connectivity index (χ3v) is 10.4. The normalized spacial score (nSPS) is 24.8.